The highest BCUT2D eigenvalue weighted by Crippen LogP contribution is 2.25. The monoisotopic (exact) mass is 498 g/mol. The number of benzene rings is 3. The van der Waals surface area contributed by atoms with Crippen molar-refractivity contribution in [2.45, 2.75) is 11.8 Å². The SMILES string of the molecule is Cc1ccc(Cl)cc1NC(=O)COc1ccc(S(=O)(=O)Nc2cc(Cl)cc(Cl)c2)cc1. The molecular formula is C21H17Cl3N2O4S. The molecule has 31 heavy (non-hydrogen) atoms. The molecule has 0 aliphatic heterocycles. The molecule has 0 bridgehead atoms. The van der Waals surface area contributed by atoms with E-state index in [2.05, 4.69) is 10.0 Å². The van der Waals surface area contributed by atoms with Gasteiger partial charge in [0.15, 0.2) is 6.61 Å². The van der Waals surface area contributed by atoms with Crippen molar-refractivity contribution in [1.82, 2.24) is 0 Å². The van der Waals surface area contributed by atoms with E-state index in [1.165, 1.54) is 42.5 Å². The van der Waals surface area contributed by atoms with Crippen LogP contribution in [0.15, 0.2) is 65.6 Å². The molecule has 3 rings (SSSR count). The summed E-state index contributed by atoms with van der Waals surface area (Å²) < 4.78 is 32.9. The van der Waals surface area contributed by atoms with Gasteiger partial charge >= 0.3 is 0 Å². The zero-order valence-electron chi connectivity index (χ0n) is 16.2. The second-order valence-corrected chi connectivity index (χ2v) is 9.52. The molecule has 0 radical (unpaired) electrons. The third-order valence-corrected chi connectivity index (χ3v) is 6.16. The van der Waals surface area contributed by atoms with Crippen LogP contribution >= 0.6 is 34.8 Å². The van der Waals surface area contributed by atoms with Gasteiger partial charge in [-0.1, -0.05) is 40.9 Å². The first-order valence-electron chi connectivity index (χ1n) is 8.90. The molecule has 1 amide bonds. The van der Waals surface area contributed by atoms with Crippen molar-refractivity contribution in [2.24, 2.45) is 0 Å². The van der Waals surface area contributed by atoms with Gasteiger partial charge in [-0.3, -0.25) is 9.52 Å². The highest BCUT2D eigenvalue weighted by Gasteiger charge is 2.15. The fourth-order valence-electron chi connectivity index (χ4n) is 2.61. The second kappa shape index (κ2) is 9.78. The Labute approximate surface area is 195 Å². The summed E-state index contributed by atoms with van der Waals surface area (Å²) in [6.07, 6.45) is 0. The molecule has 162 valence electrons. The average Bonchev–Trinajstić information content (AvgIpc) is 2.68. The minimum Gasteiger partial charge on any atom is -0.484 e. The number of rotatable bonds is 7. The van der Waals surface area contributed by atoms with Crippen LogP contribution in [0.1, 0.15) is 5.56 Å². The number of anilines is 2. The van der Waals surface area contributed by atoms with Crippen LogP contribution in [0.25, 0.3) is 0 Å². The Morgan fingerprint density at radius 1 is 0.903 bits per heavy atom. The van der Waals surface area contributed by atoms with E-state index in [1.807, 2.05) is 6.92 Å². The van der Waals surface area contributed by atoms with E-state index in [0.717, 1.165) is 5.56 Å². The van der Waals surface area contributed by atoms with Gasteiger partial charge in [0.05, 0.1) is 10.6 Å². The summed E-state index contributed by atoms with van der Waals surface area (Å²) in [5, 5.41) is 3.84. The molecule has 0 spiro atoms. The Balaban J connectivity index is 1.61. The van der Waals surface area contributed by atoms with E-state index in [-0.39, 0.29) is 23.1 Å². The number of ether oxygens (including phenoxy) is 1. The predicted molar refractivity (Wildman–Crippen MR) is 124 cm³/mol. The number of carbonyl (C=O) groups excluding carboxylic acids is 1. The lowest BCUT2D eigenvalue weighted by Crippen LogP contribution is -2.20. The third kappa shape index (κ3) is 6.51. The molecule has 0 fully saturated rings. The highest BCUT2D eigenvalue weighted by atomic mass is 35.5. The van der Waals surface area contributed by atoms with Gasteiger partial charge in [0.25, 0.3) is 15.9 Å². The summed E-state index contributed by atoms with van der Waals surface area (Å²) >= 11 is 17.7. The number of carbonyl (C=O) groups is 1. The zero-order chi connectivity index (χ0) is 22.6. The zero-order valence-corrected chi connectivity index (χ0v) is 19.2. The van der Waals surface area contributed by atoms with Crippen LogP contribution < -0.4 is 14.8 Å². The molecule has 6 nitrogen and oxygen atoms in total. The summed E-state index contributed by atoms with van der Waals surface area (Å²) in [6, 6.07) is 15.2. The molecular weight excluding hydrogens is 483 g/mol. The van der Waals surface area contributed by atoms with E-state index < -0.39 is 10.0 Å². The van der Waals surface area contributed by atoms with E-state index in [4.69, 9.17) is 39.5 Å². The lowest BCUT2D eigenvalue weighted by Gasteiger charge is -2.11. The highest BCUT2D eigenvalue weighted by molar-refractivity contribution is 7.92. The first kappa shape index (κ1) is 23.2. The number of hydrogen-bond acceptors (Lipinski definition) is 4. The summed E-state index contributed by atoms with van der Waals surface area (Å²) in [4.78, 5) is 12.1. The van der Waals surface area contributed by atoms with Gasteiger partial charge in [-0.25, -0.2) is 8.42 Å². The van der Waals surface area contributed by atoms with E-state index in [1.54, 1.807) is 18.2 Å². The Kier molecular flexibility index (Phi) is 7.33. The smallest absolute Gasteiger partial charge is 0.262 e. The van der Waals surface area contributed by atoms with Crippen LogP contribution in [0.2, 0.25) is 15.1 Å². The van der Waals surface area contributed by atoms with Crippen LogP contribution in [0.4, 0.5) is 11.4 Å². The van der Waals surface area contributed by atoms with Gasteiger partial charge in [-0.05, 0) is 67.1 Å². The average molecular weight is 500 g/mol. The molecule has 0 heterocycles. The maximum Gasteiger partial charge on any atom is 0.262 e. The fraction of sp³-hybridized carbons (Fsp3) is 0.0952. The third-order valence-electron chi connectivity index (χ3n) is 4.09. The molecule has 0 aromatic heterocycles. The van der Waals surface area contributed by atoms with Gasteiger partial charge < -0.3 is 10.1 Å². The molecule has 2 N–H and O–H groups in total. The number of sulfonamides is 1. The number of amides is 1. The van der Waals surface area contributed by atoms with Gasteiger partial charge in [0.2, 0.25) is 0 Å². The van der Waals surface area contributed by atoms with E-state index in [9.17, 15) is 13.2 Å². The van der Waals surface area contributed by atoms with Crippen molar-refractivity contribution in [3.63, 3.8) is 0 Å². The molecule has 10 heteroatoms. The minimum atomic E-state index is -3.86. The van der Waals surface area contributed by atoms with Gasteiger partial charge in [0.1, 0.15) is 5.75 Å². The number of nitrogens with one attached hydrogen (secondary N) is 2. The molecule has 3 aromatic carbocycles. The van der Waals surface area contributed by atoms with Crippen molar-refractivity contribution in [3.8, 4) is 5.75 Å². The standard InChI is InChI=1S/C21H17Cl3N2O4S/c1-13-2-3-14(22)11-20(13)25-21(27)12-30-18-4-6-19(7-5-18)31(28,29)26-17-9-15(23)8-16(24)10-17/h2-11,26H,12H2,1H3,(H,25,27). The number of hydrogen-bond donors (Lipinski definition) is 2. The summed E-state index contributed by atoms with van der Waals surface area (Å²) in [6.45, 7) is 1.59. The lowest BCUT2D eigenvalue weighted by atomic mass is 10.2. The predicted octanol–water partition coefficient (Wildman–Crippen LogP) is 5.77. The van der Waals surface area contributed by atoms with E-state index >= 15 is 0 Å². The molecule has 3 aromatic rings. The van der Waals surface area contributed by atoms with Crippen LogP contribution in [0.3, 0.4) is 0 Å². The Hall–Kier alpha value is -2.45. The van der Waals surface area contributed by atoms with Crippen molar-refractivity contribution in [1.29, 1.82) is 0 Å². The van der Waals surface area contributed by atoms with Crippen LogP contribution in [-0.4, -0.2) is 20.9 Å². The second-order valence-electron chi connectivity index (χ2n) is 6.53. The van der Waals surface area contributed by atoms with Crippen LogP contribution in [0, 0.1) is 6.92 Å². The van der Waals surface area contributed by atoms with E-state index in [0.29, 0.717) is 26.5 Å². The lowest BCUT2D eigenvalue weighted by molar-refractivity contribution is -0.118. The molecule has 0 unspecified atom stereocenters. The molecule has 0 saturated heterocycles. The van der Waals surface area contributed by atoms with Crippen molar-refractivity contribution >= 4 is 62.1 Å². The molecule has 0 saturated carbocycles. The summed E-state index contributed by atoms with van der Waals surface area (Å²) in [5.74, 6) is -0.0377. The normalized spacial score (nSPS) is 11.1. The van der Waals surface area contributed by atoms with Crippen LogP contribution in [-0.2, 0) is 14.8 Å². The quantitative estimate of drug-likeness (QED) is 0.432. The topological polar surface area (TPSA) is 84.5 Å². The number of halogens is 3. The molecule has 0 aliphatic rings. The largest absolute Gasteiger partial charge is 0.484 e. The van der Waals surface area contributed by atoms with Gasteiger partial charge in [-0.15, -0.1) is 0 Å². The van der Waals surface area contributed by atoms with Crippen molar-refractivity contribution in [2.75, 3.05) is 16.6 Å². The Morgan fingerprint density at radius 3 is 2.19 bits per heavy atom. The van der Waals surface area contributed by atoms with Gasteiger partial charge in [-0.2, -0.15) is 0 Å². The van der Waals surface area contributed by atoms with Crippen molar-refractivity contribution in [3.05, 3.63) is 81.3 Å². The Bertz CT molecular complexity index is 1200. The first-order valence-corrected chi connectivity index (χ1v) is 11.5. The summed E-state index contributed by atoms with van der Waals surface area (Å²) in [7, 11) is -3.86. The molecule has 0 atom stereocenters. The maximum absolute atomic E-state index is 12.6. The number of aryl methyl sites for hydroxylation is 1. The first-order chi connectivity index (χ1) is 14.6. The molecule has 0 aliphatic carbocycles. The Morgan fingerprint density at radius 2 is 1.55 bits per heavy atom. The maximum atomic E-state index is 12.6. The summed E-state index contributed by atoms with van der Waals surface area (Å²) in [5.41, 5.74) is 1.70. The van der Waals surface area contributed by atoms with Crippen LogP contribution in [0.5, 0.6) is 5.75 Å². The van der Waals surface area contributed by atoms with Gasteiger partial charge in [0, 0.05) is 20.8 Å². The minimum absolute atomic E-state index is 0.00921. The fourth-order valence-corrected chi connectivity index (χ4v) is 4.34. The van der Waals surface area contributed by atoms with Crippen molar-refractivity contribution < 1.29 is 17.9 Å².